The minimum Gasteiger partial charge on any atom is -0.421 e. The van der Waals surface area contributed by atoms with Gasteiger partial charge in [0.15, 0.2) is 5.60 Å². The number of carbonyl (C=O) groups is 1. The normalized spacial score (nSPS) is 27.4. The molecule has 0 aliphatic heterocycles. The fourth-order valence-electron chi connectivity index (χ4n) is 5.38. The second-order valence-corrected chi connectivity index (χ2v) is 9.39. The number of hydrogen-bond acceptors (Lipinski definition) is 6. The van der Waals surface area contributed by atoms with E-state index in [1.54, 1.807) is 12.1 Å². The van der Waals surface area contributed by atoms with Gasteiger partial charge in [-0.1, -0.05) is 6.07 Å². The number of halogens is 4. The zero-order valence-corrected chi connectivity index (χ0v) is 17.2. The Hall–Kier alpha value is -3.08. The third-order valence-corrected chi connectivity index (χ3v) is 7.03. The minimum atomic E-state index is -4.79. The number of alkyl halides is 3. The summed E-state index contributed by atoms with van der Waals surface area (Å²) in [6, 6.07) is 7.33. The summed E-state index contributed by atoms with van der Waals surface area (Å²) in [6.07, 6.45) is -2.19. The van der Waals surface area contributed by atoms with Crippen LogP contribution >= 0.6 is 0 Å². The Bertz CT molecular complexity index is 1260. The number of nitrogens with one attached hydrogen (secondary N) is 1. The molecule has 2 heterocycles. The number of fused-ring (bicyclic) bond motifs is 1. The van der Waals surface area contributed by atoms with Crippen molar-refractivity contribution in [2.45, 2.75) is 61.4 Å². The highest BCUT2D eigenvalue weighted by Gasteiger charge is 2.72. The third-order valence-electron chi connectivity index (χ3n) is 7.03. The van der Waals surface area contributed by atoms with E-state index in [1.807, 2.05) is 0 Å². The SMILES string of the molecule is O=C(NC12CC(c3nnc(C4(OC(F)(F)F)CCC4)o3)(C1)C2)c1ccc2cc(F)ccc2n1. The van der Waals surface area contributed by atoms with E-state index in [-0.39, 0.29) is 42.0 Å². The zero-order chi connectivity index (χ0) is 23.1. The molecule has 4 fully saturated rings. The number of aromatic nitrogens is 3. The van der Waals surface area contributed by atoms with Crippen LogP contribution < -0.4 is 5.32 Å². The van der Waals surface area contributed by atoms with Gasteiger partial charge in [0.05, 0.1) is 10.9 Å². The van der Waals surface area contributed by atoms with Crippen molar-refractivity contribution in [1.82, 2.24) is 20.5 Å². The molecule has 1 amide bonds. The number of carbonyl (C=O) groups excluding carboxylic acids is 1. The number of hydrogen-bond donors (Lipinski definition) is 1. The standard InChI is InChI=1S/C22H18F4N4O3/c23-13-3-5-14-12(8-13)2-4-15(27-14)16(31)28-20-9-19(10-20,11-20)17-29-30-18(32-17)21(6-1-7-21)33-22(24,25)26/h2-5,8H,1,6-7,9-11H2,(H,28,31). The van der Waals surface area contributed by atoms with Gasteiger partial charge in [-0.2, -0.15) is 0 Å². The fraction of sp³-hybridized carbons (Fsp3) is 0.455. The second-order valence-electron chi connectivity index (χ2n) is 9.39. The van der Waals surface area contributed by atoms with E-state index in [9.17, 15) is 22.4 Å². The van der Waals surface area contributed by atoms with Crippen molar-refractivity contribution in [2.75, 3.05) is 0 Å². The van der Waals surface area contributed by atoms with Gasteiger partial charge in [-0.25, -0.2) is 9.37 Å². The first-order chi connectivity index (χ1) is 15.6. The number of amides is 1. The molecule has 0 saturated heterocycles. The van der Waals surface area contributed by atoms with Crippen LogP contribution in [0.4, 0.5) is 17.6 Å². The molecule has 3 aromatic rings. The maximum absolute atomic E-state index is 13.3. The van der Waals surface area contributed by atoms with Crippen LogP contribution in [0, 0.1) is 5.82 Å². The van der Waals surface area contributed by atoms with E-state index in [0.717, 1.165) is 0 Å². The molecule has 7 nitrogen and oxygen atoms in total. The number of rotatable bonds is 5. The van der Waals surface area contributed by atoms with E-state index < -0.39 is 22.9 Å². The lowest BCUT2D eigenvalue weighted by Gasteiger charge is -2.68. The highest BCUT2D eigenvalue weighted by atomic mass is 19.4. The van der Waals surface area contributed by atoms with E-state index in [2.05, 4.69) is 25.2 Å². The molecule has 0 radical (unpaired) electrons. The average Bonchev–Trinajstić information content (AvgIpc) is 3.15. The molecule has 0 spiro atoms. The minimum absolute atomic E-state index is 0.138. The number of ether oxygens (including phenoxy) is 1. The molecule has 11 heteroatoms. The predicted octanol–water partition coefficient (Wildman–Crippen LogP) is 4.28. The Morgan fingerprint density at radius 1 is 1.06 bits per heavy atom. The fourth-order valence-corrected chi connectivity index (χ4v) is 5.38. The van der Waals surface area contributed by atoms with Gasteiger partial charge in [0.2, 0.25) is 11.8 Å². The van der Waals surface area contributed by atoms with Crippen molar-refractivity contribution in [2.24, 2.45) is 0 Å². The highest BCUT2D eigenvalue weighted by molar-refractivity contribution is 5.95. The molecular weight excluding hydrogens is 444 g/mol. The molecule has 2 bridgehead atoms. The molecule has 1 N–H and O–H groups in total. The van der Waals surface area contributed by atoms with Crippen LogP contribution in [0.5, 0.6) is 0 Å². The van der Waals surface area contributed by atoms with Gasteiger partial charge in [-0.05, 0) is 62.8 Å². The first kappa shape index (κ1) is 20.5. The lowest BCUT2D eigenvalue weighted by Crippen LogP contribution is -2.76. The molecule has 4 aliphatic rings. The lowest BCUT2D eigenvalue weighted by atomic mass is 9.39. The predicted molar refractivity (Wildman–Crippen MR) is 104 cm³/mol. The molecule has 4 aliphatic carbocycles. The molecule has 0 unspecified atom stereocenters. The summed E-state index contributed by atoms with van der Waals surface area (Å²) < 4.78 is 61.8. The summed E-state index contributed by atoms with van der Waals surface area (Å²) in [6.45, 7) is 0. The first-order valence-corrected chi connectivity index (χ1v) is 10.6. The van der Waals surface area contributed by atoms with Crippen LogP contribution in [0.25, 0.3) is 10.9 Å². The summed E-state index contributed by atoms with van der Waals surface area (Å²) in [5.74, 6) is -0.567. The van der Waals surface area contributed by atoms with Crippen molar-refractivity contribution in [3.05, 3.63) is 53.6 Å². The van der Waals surface area contributed by atoms with Crippen LogP contribution in [0.3, 0.4) is 0 Å². The molecule has 2 aromatic heterocycles. The highest BCUT2D eigenvalue weighted by Crippen LogP contribution is 2.67. The van der Waals surface area contributed by atoms with Crippen LogP contribution in [-0.2, 0) is 15.8 Å². The molecule has 33 heavy (non-hydrogen) atoms. The Kier molecular flexibility index (Phi) is 4.04. The van der Waals surface area contributed by atoms with Crippen LogP contribution in [0.15, 0.2) is 34.7 Å². The van der Waals surface area contributed by atoms with Gasteiger partial charge in [0, 0.05) is 10.9 Å². The summed E-state index contributed by atoms with van der Waals surface area (Å²) in [5.41, 5.74) is -1.71. The molecule has 4 saturated carbocycles. The summed E-state index contributed by atoms with van der Waals surface area (Å²) in [4.78, 5) is 17.0. The molecule has 7 rings (SSSR count). The van der Waals surface area contributed by atoms with Crippen molar-refractivity contribution >= 4 is 16.8 Å². The molecule has 1 aromatic carbocycles. The van der Waals surface area contributed by atoms with Gasteiger partial charge in [-0.3, -0.25) is 9.53 Å². The number of benzene rings is 1. The second kappa shape index (κ2) is 6.49. The smallest absolute Gasteiger partial charge is 0.421 e. The number of nitrogens with zero attached hydrogens (tertiary/aromatic N) is 3. The van der Waals surface area contributed by atoms with Crippen molar-refractivity contribution < 1.29 is 31.5 Å². The average molecular weight is 462 g/mol. The Labute approximate surface area is 184 Å². The van der Waals surface area contributed by atoms with Crippen molar-refractivity contribution in [3.63, 3.8) is 0 Å². The quantitative estimate of drug-likeness (QED) is 0.570. The van der Waals surface area contributed by atoms with Gasteiger partial charge >= 0.3 is 6.36 Å². The summed E-state index contributed by atoms with van der Waals surface area (Å²) >= 11 is 0. The monoisotopic (exact) mass is 462 g/mol. The van der Waals surface area contributed by atoms with Crippen LogP contribution in [-0.4, -0.2) is 33.0 Å². The number of pyridine rings is 1. The van der Waals surface area contributed by atoms with Gasteiger partial charge in [0.1, 0.15) is 11.5 Å². The molecule has 172 valence electrons. The van der Waals surface area contributed by atoms with Crippen LogP contribution in [0.2, 0.25) is 0 Å². The third kappa shape index (κ3) is 3.20. The summed E-state index contributed by atoms with van der Waals surface area (Å²) in [7, 11) is 0. The summed E-state index contributed by atoms with van der Waals surface area (Å²) in [5, 5.41) is 11.5. The van der Waals surface area contributed by atoms with Crippen molar-refractivity contribution in [1.29, 1.82) is 0 Å². The van der Waals surface area contributed by atoms with E-state index in [1.165, 1.54) is 18.2 Å². The largest absolute Gasteiger partial charge is 0.523 e. The maximum Gasteiger partial charge on any atom is 0.523 e. The van der Waals surface area contributed by atoms with E-state index in [0.29, 0.717) is 36.6 Å². The van der Waals surface area contributed by atoms with E-state index >= 15 is 0 Å². The van der Waals surface area contributed by atoms with Gasteiger partial charge < -0.3 is 9.73 Å². The zero-order valence-electron chi connectivity index (χ0n) is 17.2. The molecule has 0 atom stereocenters. The van der Waals surface area contributed by atoms with Gasteiger partial charge in [-0.15, -0.1) is 23.4 Å². The Morgan fingerprint density at radius 2 is 1.79 bits per heavy atom. The van der Waals surface area contributed by atoms with E-state index in [4.69, 9.17) is 4.42 Å². The topological polar surface area (TPSA) is 90.1 Å². The Morgan fingerprint density at radius 3 is 2.45 bits per heavy atom. The Balaban J connectivity index is 1.13. The first-order valence-electron chi connectivity index (χ1n) is 10.6. The lowest BCUT2D eigenvalue weighted by molar-refractivity contribution is -0.387. The maximum atomic E-state index is 13.3. The van der Waals surface area contributed by atoms with Crippen molar-refractivity contribution in [3.8, 4) is 0 Å². The van der Waals surface area contributed by atoms with Gasteiger partial charge in [0.25, 0.3) is 5.91 Å². The molecular formula is C22H18F4N4O3. The van der Waals surface area contributed by atoms with Crippen LogP contribution in [0.1, 0.15) is 60.8 Å².